The molecule has 25 heavy (non-hydrogen) atoms. The minimum Gasteiger partial charge on any atom is -0.379 e. The average Bonchev–Trinajstić information content (AvgIpc) is 2.49. The molecule has 1 aliphatic heterocycles. The van der Waals surface area contributed by atoms with Crippen LogP contribution in [0.15, 0.2) is 15.8 Å². The van der Waals surface area contributed by atoms with Crippen molar-refractivity contribution < 1.29 is 9.90 Å². The number of likely N-dealkylation sites (tertiary alicyclic amines) is 1. The van der Waals surface area contributed by atoms with E-state index in [4.69, 9.17) is 0 Å². The number of aromatic nitrogens is 2. The number of nitrogens with zero attached hydrogens (tertiary/aromatic N) is 1. The van der Waals surface area contributed by atoms with Gasteiger partial charge in [0.15, 0.2) is 5.60 Å². The van der Waals surface area contributed by atoms with E-state index in [1.54, 1.807) is 4.90 Å². The summed E-state index contributed by atoms with van der Waals surface area (Å²) in [6.07, 6.45) is 2.97. The van der Waals surface area contributed by atoms with Crippen LogP contribution in [0, 0.1) is 5.41 Å². The Labute approximate surface area is 146 Å². The maximum atomic E-state index is 12.6. The van der Waals surface area contributed by atoms with Crippen LogP contribution in [-0.4, -0.2) is 57.7 Å². The highest BCUT2D eigenvalue weighted by molar-refractivity contribution is 5.86. The summed E-state index contributed by atoms with van der Waals surface area (Å²) < 4.78 is 0. The molecule has 1 fully saturated rings. The van der Waals surface area contributed by atoms with Crippen LogP contribution in [-0.2, 0) is 11.2 Å². The van der Waals surface area contributed by atoms with Crippen molar-refractivity contribution in [1.29, 1.82) is 0 Å². The molecule has 0 radical (unpaired) electrons. The number of nitrogens with one attached hydrogen (secondary N) is 3. The summed E-state index contributed by atoms with van der Waals surface area (Å²) in [5.41, 5.74) is -1.94. The molecule has 1 atom stereocenters. The summed E-state index contributed by atoms with van der Waals surface area (Å²) in [4.78, 5) is 41.5. The monoisotopic (exact) mass is 352 g/mol. The molecule has 0 saturated carbocycles. The van der Waals surface area contributed by atoms with Crippen molar-refractivity contribution in [2.75, 3.05) is 26.2 Å². The summed E-state index contributed by atoms with van der Waals surface area (Å²) in [7, 11) is 0. The predicted octanol–water partition coefficient (Wildman–Crippen LogP) is -0.405. The Bertz CT molecular complexity index is 718. The third-order valence-electron chi connectivity index (χ3n) is 4.25. The van der Waals surface area contributed by atoms with Crippen LogP contribution in [0.4, 0.5) is 0 Å². The van der Waals surface area contributed by atoms with Crippen molar-refractivity contribution in [3.05, 3.63) is 32.6 Å². The summed E-state index contributed by atoms with van der Waals surface area (Å²) in [5, 5.41) is 13.8. The molecule has 0 bridgehead atoms. The molecule has 1 amide bonds. The van der Waals surface area contributed by atoms with E-state index in [0.717, 1.165) is 6.42 Å². The smallest absolute Gasteiger partial charge is 0.325 e. The van der Waals surface area contributed by atoms with E-state index in [0.29, 0.717) is 38.0 Å². The van der Waals surface area contributed by atoms with Gasteiger partial charge in [0, 0.05) is 31.4 Å². The summed E-state index contributed by atoms with van der Waals surface area (Å²) in [6.45, 7) is 8.04. The first kappa shape index (κ1) is 19.4. The van der Waals surface area contributed by atoms with E-state index < -0.39 is 16.9 Å². The molecule has 0 unspecified atom stereocenters. The van der Waals surface area contributed by atoms with E-state index in [1.165, 1.54) is 6.20 Å². The first-order chi connectivity index (χ1) is 11.6. The second-order valence-corrected chi connectivity index (χ2v) is 7.95. The SMILES string of the molecule is CC(C)(C)CN1CCC[C@@](O)(CNCCc2c[nH]c(=O)[nH]c2=O)C1=O. The summed E-state index contributed by atoms with van der Waals surface area (Å²) in [5.74, 6) is -0.233. The van der Waals surface area contributed by atoms with Crippen molar-refractivity contribution in [3.63, 3.8) is 0 Å². The molecule has 1 aromatic heterocycles. The number of rotatable bonds is 6. The minimum atomic E-state index is -1.40. The van der Waals surface area contributed by atoms with Gasteiger partial charge in [0.25, 0.3) is 11.5 Å². The Morgan fingerprint density at radius 3 is 2.68 bits per heavy atom. The van der Waals surface area contributed by atoms with Gasteiger partial charge in [0.05, 0.1) is 0 Å². The number of hydrogen-bond acceptors (Lipinski definition) is 5. The van der Waals surface area contributed by atoms with Gasteiger partial charge in [-0.1, -0.05) is 20.8 Å². The number of hydrogen-bond donors (Lipinski definition) is 4. The fourth-order valence-corrected chi connectivity index (χ4v) is 3.09. The Kier molecular flexibility index (Phi) is 5.84. The lowest BCUT2D eigenvalue weighted by Crippen LogP contribution is -2.59. The van der Waals surface area contributed by atoms with Gasteiger partial charge in [0.2, 0.25) is 0 Å². The van der Waals surface area contributed by atoms with E-state index >= 15 is 0 Å². The molecule has 8 nitrogen and oxygen atoms in total. The third kappa shape index (κ3) is 5.27. The molecule has 8 heteroatoms. The highest BCUT2D eigenvalue weighted by Gasteiger charge is 2.42. The van der Waals surface area contributed by atoms with Gasteiger partial charge in [0.1, 0.15) is 0 Å². The quantitative estimate of drug-likeness (QED) is 0.519. The molecule has 2 rings (SSSR count). The van der Waals surface area contributed by atoms with Crippen molar-refractivity contribution in [3.8, 4) is 0 Å². The van der Waals surface area contributed by atoms with Gasteiger partial charge in [-0.15, -0.1) is 0 Å². The highest BCUT2D eigenvalue weighted by Crippen LogP contribution is 2.25. The number of carbonyl (C=O) groups is 1. The standard InChI is InChI=1S/C17H28N4O4/c1-16(2,3)11-21-8-4-6-17(25,14(21)23)10-18-7-5-12-9-19-15(24)20-13(12)22/h9,18,25H,4-8,10-11H2,1-3H3,(H2,19,20,22,24)/t17-/m1/s1. The maximum absolute atomic E-state index is 12.6. The molecular weight excluding hydrogens is 324 g/mol. The van der Waals surface area contributed by atoms with E-state index in [2.05, 4.69) is 36.1 Å². The van der Waals surface area contributed by atoms with Gasteiger partial charge >= 0.3 is 5.69 Å². The number of H-pyrrole nitrogens is 2. The van der Waals surface area contributed by atoms with Crippen molar-refractivity contribution >= 4 is 5.91 Å². The molecule has 1 aromatic rings. The highest BCUT2D eigenvalue weighted by atomic mass is 16.3. The van der Waals surface area contributed by atoms with Crippen molar-refractivity contribution in [2.45, 2.75) is 45.6 Å². The maximum Gasteiger partial charge on any atom is 0.325 e. The van der Waals surface area contributed by atoms with E-state index in [-0.39, 0.29) is 17.9 Å². The van der Waals surface area contributed by atoms with E-state index in [9.17, 15) is 19.5 Å². The lowest BCUT2D eigenvalue weighted by atomic mass is 9.88. The zero-order valence-electron chi connectivity index (χ0n) is 15.1. The number of carbonyl (C=O) groups excluding carboxylic acids is 1. The minimum absolute atomic E-state index is 0.0212. The van der Waals surface area contributed by atoms with Gasteiger partial charge in [-0.2, -0.15) is 0 Å². The Balaban J connectivity index is 1.89. The number of aliphatic hydroxyl groups is 1. The van der Waals surface area contributed by atoms with Gasteiger partial charge in [-0.05, 0) is 31.2 Å². The van der Waals surface area contributed by atoms with Crippen LogP contribution in [0.1, 0.15) is 39.2 Å². The summed E-state index contributed by atoms with van der Waals surface area (Å²) in [6, 6.07) is 0. The molecule has 1 saturated heterocycles. The normalized spacial score (nSPS) is 21.6. The molecular formula is C17H28N4O4. The van der Waals surface area contributed by atoms with Gasteiger partial charge < -0.3 is 20.3 Å². The van der Waals surface area contributed by atoms with Crippen LogP contribution in [0.5, 0.6) is 0 Å². The Morgan fingerprint density at radius 2 is 2.04 bits per heavy atom. The third-order valence-corrected chi connectivity index (χ3v) is 4.25. The second-order valence-electron chi connectivity index (χ2n) is 7.95. The molecule has 0 spiro atoms. The van der Waals surface area contributed by atoms with Crippen LogP contribution in [0.25, 0.3) is 0 Å². The van der Waals surface area contributed by atoms with Gasteiger partial charge in [-0.3, -0.25) is 14.6 Å². The zero-order valence-corrected chi connectivity index (χ0v) is 15.1. The van der Waals surface area contributed by atoms with Crippen LogP contribution in [0.2, 0.25) is 0 Å². The summed E-state index contributed by atoms with van der Waals surface area (Å²) >= 11 is 0. The Morgan fingerprint density at radius 1 is 1.32 bits per heavy atom. The molecule has 140 valence electrons. The molecule has 0 aliphatic carbocycles. The average molecular weight is 352 g/mol. The molecule has 4 N–H and O–H groups in total. The predicted molar refractivity (Wildman–Crippen MR) is 94.5 cm³/mol. The number of amides is 1. The van der Waals surface area contributed by atoms with Crippen molar-refractivity contribution in [2.24, 2.45) is 5.41 Å². The first-order valence-corrected chi connectivity index (χ1v) is 8.64. The largest absolute Gasteiger partial charge is 0.379 e. The van der Waals surface area contributed by atoms with Crippen LogP contribution >= 0.6 is 0 Å². The molecule has 0 aromatic carbocycles. The fraction of sp³-hybridized carbons (Fsp3) is 0.706. The van der Waals surface area contributed by atoms with Crippen LogP contribution in [0.3, 0.4) is 0 Å². The number of piperidine rings is 1. The van der Waals surface area contributed by atoms with Crippen molar-refractivity contribution in [1.82, 2.24) is 20.2 Å². The molecule has 1 aliphatic rings. The number of aromatic amines is 2. The van der Waals surface area contributed by atoms with E-state index in [1.807, 2.05) is 0 Å². The molecule has 2 heterocycles. The topological polar surface area (TPSA) is 118 Å². The second kappa shape index (κ2) is 7.53. The Hall–Kier alpha value is -1.93. The van der Waals surface area contributed by atoms with Gasteiger partial charge in [-0.25, -0.2) is 4.79 Å². The fourth-order valence-electron chi connectivity index (χ4n) is 3.09. The zero-order chi connectivity index (χ0) is 18.7. The lowest BCUT2D eigenvalue weighted by Gasteiger charge is -2.41. The van der Waals surface area contributed by atoms with Crippen LogP contribution < -0.4 is 16.6 Å². The lowest BCUT2D eigenvalue weighted by molar-refractivity contribution is -0.158. The first-order valence-electron chi connectivity index (χ1n) is 8.64.